The number of rotatable bonds is 5. The van der Waals surface area contributed by atoms with Crippen molar-refractivity contribution in [3.63, 3.8) is 0 Å². The Morgan fingerprint density at radius 2 is 2.12 bits per heavy atom. The summed E-state index contributed by atoms with van der Waals surface area (Å²) in [7, 11) is 0. The quantitative estimate of drug-likeness (QED) is 0.800. The maximum atomic E-state index is 14.2. The Morgan fingerprint density at radius 3 is 2.73 bits per heavy atom. The Hall–Kier alpha value is -1.67. The summed E-state index contributed by atoms with van der Waals surface area (Å²) in [6, 6.07) is 4.30. The van der Waals surface area contributed by atoms with Crippen molar-refractivity contribution in [3.8, 4) is 5.69 Å². The molecule has 0 saturated carbocycles. The molecular weight excluding hydrogens is 382 g/mol. The predicted molar refractivity (Wildman–Crippen MR) is 101 cm³/mol. The van der Waals surface area contributed by atoms with Crippen LogP contribution in [0.2, 0.25) is 0 Å². The van der Waals surface area contributed by atoms with E-state index in [1.807, 2.05) is 0 Å². The lowest BCUT2D eigenvalue weighted by Gasteiger charge is -2.26. The summed E-state index contributed by atoms with van der Waals surface area (Å²) < 4.78 is 21.1. The summed E-state index contributed by atoms with van der Waals surface area (Å²) >= 11 is 0. The van der Waals surface area contributed by atoms with Crippen LogP contribution in [0, 0.1) is 11.7 Å². The molecule has 1 saturated heterocycles. The topological polar surface area (TPSA) is 82.2 Å². The summed E-state index contributed by atoms with van der Waals surface area (Å²) in [6.07, 6.45) is 6.39. The summed E-state index contributed by atoms with van der Waals surface area (Å²) in [5.74, 6) is -0.437. The number of nitrogens with zero attached hydrogens (tertiary/aromatic N) is 2. The number of hydrogen-bond acceptors (Lipinski definition) is 4. The van der Waals surface area contributed by atoms with Crippen molar-refractivity contribution in [1.82, 2.24) is 14.9 Å². The molecule has 26 heavy (non-hydrogen) atoms. The zero-order chi connectivity index (χ0) is 16.9. The number of amides is 1. The second-order valence-electron chi connectivity index (χ2n) is 5.95. The summed E-state index contributed by atoms with van der Waals surface area (Å²) in [4.78, 5) is 16.1. The van der Waals surface area contributed by atoms with Gasteiger partial charge in [-0.05, 0) is 36.5 Å². The van der Waals surface area contributed by atoms with Crippen LogP contribution in [-0.4, -0.2) is 34.7 Å². The van der Waals surface area contributed by atoms with Gasteiger partial charge in [-0.3, -0.25) is 4.79 Å². The third-order valence-corrected chi connectivity index (χ3v) is 4.34. The molecule has 1 aliphatic rings. The number of ether oxygens (including phenoxy) is 1. The SMILES string of the molecule is Cl.Cl.NC(C(=O)NCc1ccc(-n2ccnc2)c(F)c1)C1CCOCC1. The van der Waals surface area contributed by atoms with E-state index in [0.717, 1.165) is 12.8 Å². The van der Waals surface area contributed by atoms with Crippen LogP contribution in [0.3, 0.4) is 0 Å². The normalized spacial score (nSPS) is 15.5. The number of nitrogens with two attached hydrogens (primary N) is 1. The van der Waals surface area contributed by atoms with E-state index in [0.29, 0.717) is 24.5 Å². The van der Waals surface area contributed by atoms with Gasteiger partial charge in [0.25, 0.3) is 0 Å². The molecule has 9 heteroatoms. The largest absolute Gasteiger partial charge is 0.381 e. The fourth-order valence-electron chi connectivity index (χ4n) is 2.87. The molecular formula is C17H23Cl2FN4O2. The number of halogens is 3. The highest BCUT2D eigenvalue weighted by molar-refractivity contribution is 5.85. The number of carbonyl (C=O) groups is 1. The minimum Gasteiger partial charge on any atom is -0.381 e. The molecule has 2 heterocycles. The van der Waals surface area contributed by atoms with Gasteiger partial charge in [0, 0.05) is 32.2 Å². The van der Waals surface area contributed by atoms with Crippen molar-refractivity contribution in [2.24, 2.45) is 11.7 Å². The highest BCUT2D eigenvalue weighted by Gasteiger charge is 2.26. The van der Waals surface area contributed by atoms with E-state index < -0.39 is 6.04 Å². The van der Waals surface area contributed by atoms with Gasteiger partial charge >= 0.3 is 0 Å². The molecule has 1 unspecified atom stereocenters. The van der Waals surface area contributed by atoms with Crippen LogP contribution in [0.25, 0.3) is 5.69 Å². The fraction of sp³-hybridized carbons (Fsp3) is 0.412. The van der Waals surface area contributed by atoms with Crippen LogP contribution in [-0.2, 0) is 16.1 Å². The first-order valence-electron chi connectivity index (χ1n) is 8.03. The van der Waals surface area contributed by atoms with Crippen LogP contribution < -0.4 is 11.1 Å². The smallest absolute Gasteiger partial charge is 0.237 e. The average Bonchev–Trinajstić information content (AvgIpc) is 3.14. The number of aromatic nitrogens is 2. The van der Waals surface area contributed by atoms with Crippen LogP contribution in [0.15, 0.2) is 36.9 Å². The molecule has 1 fully saturated rings. The zero-order valence-electron chi connectivity index (χ0n) is 14.1. The zero-order valence-corrected chi connectivity index (χ0v) is 15.8. The lowest BCUT2D eigenvalue weighted by atomic mass is 9.92. The van der Waals surface area contributed by atoms with Crippen molar-refractivity contribution < 1.29 is 13.9 Å². The van der Waals surface area contributed by atoms with E-state index in [1.165, 1.54) is 12.4 Å². The summed E-state index contributed by atoms with van der Waals surface area (Å²) in [5, 5.41) is 2.79. The minimum absolute atomic E-state index is 0. The lowest BCUT2D eigenvalue weighted by molar-refractivity contribution is -0.124. The van der Waals surface area contributed by atoms with Gasteiger partial charge in [0.05, 0.1) is 18.1 Å². The molecule has 3 N–H and O–H groups in total. The first kappa shape index (κ1) is 22.4. The molecule has 144 valence electrons. The number of imidazole rings is 1. The van der Waals surface area contributed by atoms with E-state index in [1.54, 1.807) is 29.1 Å². The van der Waals surface area contributed by atoms with Gasteiger partial charge in [0.1, 0.15) is 5.82 Å². The second kappa shape index (κ2) is 10.5. The van der Waals surface area contributed by atoms with Gasteiger partial charge in [0.15, 0.2) is 0 Å². The number of nitrogens with one attached hydrogen (secondary N) is 1. The molecule has 2 aromatic rings. The third-order valence-electron chi connectivity index (χ3n) is 4.34. The Kier molecular flexibility index (Phi) is 9.01. The molecule has 1 aromatic heterocycles. The molecule has 1 atom stereocenters. The molecule has 0 spiro atoms. The molecule has 1 aromatic carbocycles. The molecule has 0 bridgehead atoms. The Bertz CT molecular complexity index is 694. The molecule has 3 rings (SSSR count). The van der Waals surface area contributed by atoms with Crippen molar-refractivity contribution in [2.75, 3.05) is 13.2 Å². The van der Waals surface area contributed by atoms with Crippen molar-refractivity contribution in [2.45, 2.75) is 25.4 Å². The van der Waals surface area contributed by atoms with Gasteiger partial charge < -0.3 is 20.4 Å². The Labute approximate surface area is 164 Å². The first-order chi connectivity index (χ1) is 11.6. The maximum Gasteiger partial charge on any atom is 0.237 e. The maximum absolute atomic E-state index is 14.2. The first-order valence-corrected chi connectivity index (χ1v) is 8.03. The Balaban J connectivity index is 0.00000169. The predicted octanol–water partition coefficient (Wildman–Crippen LogP) is 2.23. The lowest BCUT2D eigenvalue weighted by Crippen LogP contribution is -2.46. The number of benzene rings is 1. The van der Waals surface area contributed by atoms with Gasteiger partial charge in [-0.2, -0.15) is 0 Å². The Morgan fingerprint density at radius 1 is 1.38 bits per heavy atom. The summed E-state index contributed by atoms with van der Waals surface area (Å²) in [6.45, 7) is 1.54. The van der Waals surface area contributed by atoms with Crippen LogP contribution in [0.1, 0.15) is 18.4 Å². The third kappa shape index (κ3) is 5.41. The molecule has 0 aliphatic carbocycles. The second-order valence-corrected chi connectivity index (χ2v) is 5.95. The highest BCUT2D eigenvalue weighted by Crippen LogP contribution is 2.18. The van der Waals surface area contributed by atoms with Crippen LogP contribution in [0.4, 0.5) is 4.39 Å². The van der Waals surface area contributed by atoms with Crippen molar-refractivity contribution >= 4 is 30.7 Å². The highest BCUT2D eigenvalue weighted by atomic mass is 35.5. The average molecular weight is 405 g/mol. The van der Waals surface area contributed by atoms with E-state index in [4.69, 9.17) is 10.5 Å². The van der Waals surface area contributed by atoms with E-state index in [9.17, 15) is 9.18 Å². The number of hydrogen-bond donors (Lipinski definition) is 2. The van der Waals surface area contributed by atoms with E-state index in [2.05, 4.69) is 10.3 Å². The monoisotopic (exact) mass is 404 g/mol. The molecule has 1 amide bonds. The van der Waals surface area contributed by atoms with Crippen LogP contribution >= 0.6 is 24.8 Å². The van der Waals surface area contributed by atoms with Gasteiger partial charge in [-0.15, -0.1) is 24.8 Å². The molecule has 0 radical (unpaired) electrons. The number of carbonyl (C=O) groups excluding carboxylic acids is 1. The van der Waals surface area contributed by atoms with Gasteiger partial charge in [0.2, 0.25) is 5.91 Å². The van der Waals surface area contributed by atoms with Crippen LogP contribution in [0.5, 0.6) is 0 Å². The van der Waals surface area contributed by atoms with Crippen molar-refractivity contribution in [3.05, 3.63) is 48.3 Å². The summed E-state index contributed by atoms with van der Waals surface area (Å²) in [5.41, 5.74) is 7.12. The van der Waals surface area contributed by atoms with Crippen molar-refractivity contribution in [1.29, 1.82) is 0 Å². The fourth-order valence-corrected chi connectivity index (χ4v) is 2.87. The molecule has 1 aliphatic heterocycles. The van der Waals surface area contributed by atoms with E-state index >= 15 is 0 Å². The molecule has 6 nitrogen and oxygen atoms in total. The van der Waals surface area contributed by atoms with Gasteiger partial charge in [-0.25, -0.2) is 9.37 Å². The minimum atomic E-state index is -0.552. The van der Waals surface area contributed by atoms with Gasteiger partial charge in [-0.1, -0.05) is 6.07 Å². The standard InChI is InChI=1S/C17H21FN4O2.2ClH/c18-14-9-12(1-2-15(14)22-6-5-20-11-22)10-21-17(23)16(19)13-3-7-24-8-4-13;;/h1-2,5-6,9,11,13,16H,3-4,7-8,10,19H2,(H,21,23);2*1H. The van der Waals surface area contributed by atoms with E-state index in [-0.39, 0.29) is 49.0 Å².